The molecule has 0 bridgehead atoms. The summed E-state index contributed by atoms with van der Waals surface area (Å²) in [4.78, 5) is 31.3. The van der Waals surface area contributed by atoms with Gasteiger partial charge in [0.15, 0.2) is 5.13 Å². The van der Waals surface area contributed by atoms with Crippen LogP contribution in [0, 0.1) is 11.7 Å². The number of nitrogens with zero attached hydrogens (tertiary/aromatic N) is 2. The van der Waals surface area contributed by atoms with Crippen LogP contribution < -0.4 is 10.2 Å². The topological polar surface area (TPSA) is 62.3 Å². The van der Waals surface area contributed by atoms with Gasteiger partial charge < -0.3 is 5.32 Å². The van der Waals surface area contributed by atoms with Crippen molar-refractivity contribution < 1.29 is 14.0 Å². The smallest absolute Gasteiger partial charge is 0.249 e. The maximum atomic E-state index is 13.8. The monoisotopic (exact) mass is 373 g/mol. The number of benzene rings is 1. The summed E-state index contributed by atoms with van der Waals surface area (Å²) in [7, 11) is 0. The zero-order chi connectivity index (χ0) is 18.1. The second-order valence-electron chi connectivity index (χ2n) is 6.94. The minimum absolute atomic E-state index is 0.150. The second-order valence-corrected chi connectivity index (χ2v) is 7.84. The van der Waals surface area contributed by atoms with E-state index in [-0.39, 0.29) is 18.2 Å². The van der Waals surface area contributed by atoms with Gasteiger partial charge in [-0.2, -0.15) is 0 Å². The number of halogens is 1. The highest BCUT2D eigenvalue weighted by Crippen LogP contribution is 2.36. The van der Waals surface area contributed by atoms with E-state index in [0.29, 0.717) is 23.2 Å². The van der Waals surface area contributed by atoms with Crippen molar-refractivity contribution in [3.63, 3.8) is 0 Å². The van der Waals surface area contributed by atoms with Crippen molar-refractivity contribution in [2.45, 2.75) is 44.6 Å². The Hall–Kier alpha value is -2.28. The Morgan fingerprint density at radius 3 is 2.92 bits per heavy atom. The van der Waals surface area contributed by atoms with Gasteiger partial charge >= 0.3 is 0 Å². The fourth-order valence-electron chi connectivity index (χ4n) is 4.00. The number of aromatic nitrogens is 1. The lowest BCUT2D eigenvalue weighted by atomic mass is 9.96. The predicted molar refractivity (Wildman–Crippen MR) is 98.7 cm³/mol. The van der Waals surface area contributed by atoms with Crippen LogP contribution in [0.15, 0.2) is 29.8 Å². The van der Waals surface area contributed by atoms with Gasteiger partial charge in [0.1, 0.15) is 11.9 Å². The number of fused-ring (bicyclic) bond motifs is 1. The molecule has 2 heterocycles. The molecule has 1 atom stereocenters. The molecule has 2 amide bonds. The maximum absolute atomic E-state index is 13.8. The van der Waals surface area contributed by atoms with Crippen LogP contribution in [-0.4, -0.2) is 22.8 Å². The number of rotatable bonds is 5. The molecule has 2 aromatic rings. The fourth-order valence-corrected chi connectivity index (χ4v) is 4.53. The first-order valence-electron chi connectivity index (χ1n) is 8.92. The lowest BCUT2D eigenvalue weighted by molar-refractivity contribution is -0.123. The quantitative estimate of drug-likeness (QED) is 0.868. The third kappa shape index (κ3) is 3.35. The molecule has 2 aliphatic rings. The molecule has 136 valence electrons. The Morgan fingerprint density at radius 2 is 2.19 bits per heavy atom. The SMILES string of the molecule is O=C(Nc1nccs1)C(CC1CCCC1)N1C(=O)Cc2ccc(F)cc21. The maximum Gasteiger partial charge on any atom is 0.249 e. The van der Waals surface area contributed by atoms with E-state index in [2.05, 4.69) is 10.3 Å². The van der Waals surface area contributed by atoms with E-state index in [0.717, 1.165) is 31.2 Å². The minimum atomic E-state index is -0.641. The van der Waals surface area contributed by atoms with Crippen molar-refractivity contribution in [1.29, 1.82) is 0 Å². The highest BCUT2D eigenvalue weighted by Gasteiger charge is 2.39. The van der Waals surface area contributed by atoms with E-state index >= 15 is 0 Å². The van der Waals surface area contributed by atoms with Gasteiger partial charge in [0, 0.05) is 11.6 Å². The molecule has 1 aliphatic heterocycles. The third-order valence-corrected chi connectivity index (χ3v) is 5.91. The van der Waals surface area contributed by atoms with Crippen molar-refractivity contribution >= 4 is 34.0 Å². The van der Waals surface area contributed by atoms with E-state index in [4.69, 9.17) is 0 Å². The average Bonchev–Trinajstić information content (AvgIpc) is 3.34. The predicted octanol–water partition coefficient (Wildman–Crippen LogP) is 3.76. The summed E-state index contributed by atoms with van der Waals surface area (Å²) >= 11 is 1.34. The molecular formula is C19H20FN3O2S. The van der Waals surface area contributed by atoms with Gasteiger partial charge in [0.05, 0.1) is 12.1 Å². The highest BCUT2D eigenvalue weighted by atomic mass is 32.1. The molecule has 0 radical (unpaired) electrons. The Morgan fingerprint density at radius 1 is 1.38 bits per heavy atom. The lowest BCUT2D eigenvalue weighted by Gasteiger charge is -2.29. The molecule has 1 aromatic carbocycles. The molecule has 1 saturated carbocycles. The highest BCUT2D eigenvalue weighted by molar-refractivity contribution is 7.13. The van der Waals surface area contributed by atoms with Gasteiger partial charge in [0.25, 0.3) is 0 Å². The molecule has 1 N–H and O–H groups in total. The first-order chi connectivity index (χ1) is 12.6. The normalized spacial score (nSPS) is 18.2. The summed E-state index contributed by atoms with van der Waals surface area (Å²) in [6.07, 6.45) is 6.88. The summed E-state index contributed by atoms with van der Waals surface area (Å²) in [5.41, 5.74) is 1.29. The first kappa shape index (κ1) is 17.1. The van der Waals surface area contributed by atoms with Crippen LogP contribution in [0.3, 0.4) is 0 Å². The summed E-state index contributed by atoms with van der Waals surface area (Å²) < 4.78 is 13.8. The lowest BCUT2D eigenvalue weighted by Crippen LogP contribution is -2.47. The summed E-state index contributed by atoms with van der Waals surface area (Å²) in [6, 6.07) is 3.71. The molecule has 0 spiro atoms. The Bertz CT molecular complexity index is 818. The van der Waals surface area contributed by atoms with E-state index in [1.165, 1.54) is 28.4 Å². The number of carbonyl (C=O) groups is 2. The van der Waals surface area contributed by atoms with Gasteiger partial charge in [0.2, 0.25) is 11.8 Å². The van der Waals surface area contributed by atoms with Crippen LogP contribution in [0.2, 0.25) is 0 Å². The van der Waals surface area contributed by atoms with E-state index in [1.807, 2.05) is 0 Å². The van der Waals surface area contributed by atoms with Crippen LogP contribution in [0.25, 0.3) is 0 Å². The zero-order valence-electron chi connectivity index (χ0n) is 14.3. The molecule has 1 aliphatic carbocycles. The van der Waals surface area contributed by atoms with Crippen molar-refractivity contribution in [3.8, 4) is 0 Å². The third-order valence-electron chi connectivity index (χ3n) is 5.23. The number of hydrogen-bond acceptors (Lipinski definition) is 4. The molecular weight excluding hydrogens is 353 g/mol. The van der Waals surface area contributed by atoms with Crippen LogP contribution in [0.1, 0.15) is 37.7 Å². The van der Waals surface area contributed by atoms with Crippen molar-refractivity contribution in [3.05, 3.63) is 41.2 Å². The van der Waals surface area contributed by atoms with Crippen LogP contribution in [-0.2, 0) is 16.0 Å². The molecule has 1 fully saturated rings. The Labute approximate surface area is 155 Å². The standard InChI is InChI=1S/C19H20FN3O2S/c20-14-6-5-13-10-17(24)23(15(13)11-14)16(9-12-3-1-2-4-12)18(25)22-19-21-7-8-26-19/h5-8,11-12,16H,1-4,9-10H2,(H,21,22,25). The number of anilines is 2. The molecule has 4 rings (SSSR count). The number of amides is 2. The summed E-state index contributed by atoms with van der Waals surface area (Å²) in [5.74, 6) is -0.393. The fraction of sp³-hybridized carbons (Fsp3) is 0.421. The number of carbonyl (C=O) groups excluding carboxylic acids is 2. The zero-order valence-corrected chi connectivity index (χ0v) is 15.1. The van der Waals surface area contributed by atoms with Gasteiger partial charge in [-0.1, -0.05) is 31.7 Å². The summed E-state index contributed by atoms with van der Waals surface area (Å²) in [6.45, 7) is 0. The Balaban J connectivity index is 1.64. The number of thiazole rings is 1. The van der Waals surface area contributed by atoms with Crippen molar-refractivity contribution in [1.82, 2.24) is 4.98 Å². The van der Waals surface area contributed by atoms with Crippen LogP contribution in [0.4, 0.5) is 15.2 Å². The second kappa shape index (κ2) is 7.15. The molecule has 0 saturated heterocycles. The Kier molecular flexibility index (Phi) is 4.72. The van der Waals surface area contributed by atoms with Gasteiger partial charge in [-0.05, 0) is 30.0 Å². The van der Waals surface area contributed by atoms with E-state index in [9.17, 15) is 14.0 Å². The first-order valence-corrected chi connectivity index (χ1v) is 9.80. The van der Waals surface area contributed by atoms with Gasteiger partial charge in [-0.25, -0.2) is 9.37 Å². The van der Waals surface area contributed by atoms with Crippen LogP contribution in [0.5, 0.6) is 0 Å². The van der Waals surface area contributed by atoms with Gasteiger partial charge in [-0.3, -0.25) is 14.5 Å². The molecule has 7 heteroatoms. The molecule has 1 unspecified atom stereocenters. The summed E-state index contributed by atoms with van der Waals surface area (Å²) in [5, 5.41) is 5.12. The minimum Gasteiger partial charge on any atom is -0.300 e. The molecule has 26 heavy (non-hydrogen) atoms. The molecule has 5 nitrogen and oxygen atoms in total. The van der Waals surface area contributed by atoms with Gasteiger partial charge in [-0.15, -0.1) is 11.3 Å². The largest absolute Gasteiger partial charge is 0.300 e. The van der Waals surface area contributed by atoms with Crippen LogP contribution >= 0.6 is 11.3 Å². The average molecular weight is 373 g/mol. The van der Waals surface area contributed by atoms with Crippen molar-refractivity contribution in [2.24, 2.45) is 5.92 Å². The molecule has 1 aromatic heterocycles. The van der Waals surface area contributed by atoms with E-state index in [1.54, 1.807) is 17.6 Å². The van der Waals surface area contributed by atoms with E-state index < -0.39 is 11.9 Å². The van der Waals surface area contributed by atoms with Crippen molar-refractivity contribution in [2.75, 3.05) is 10.2 Å². The number of hydrogen-bond donors (Lipinski definition) is 1. The number of nitrogens with one attached hydrogen (secondary N) is 1.